The Labute approximate surface area is 95.2 Å². The summed E-state index contributed by atoms with van der Waals surface area (Å²) in [6.45, 7) is 0. The number of hydrogen-bond acceptors (Lipinski definition) is 0. The van der Waals surface area contributed by atoms with E-state index in [1.165, 1.54) is 0 Å². The van der Waals surface area contributed by atoms with Gasteiger partial charge < -0.3 is 0 Å². The normalized spacial score (nSPS) is 12.3. The van der Waals surface area contributed by atoms with Crippen molar-refractivity contribution in [3.05, 3.63) is 32.8 Å². The van der Waals surface area contributed by atoms with E-state index in [1.807, 2.05) is 0 Å². The van der Waals surface area contributed by atoms with Gasteiger partial charge in [-0.05, 0) is 22.0 Å². The van der Waals surface area contributed by atoms with Crippen LogP contribution in [0.15, 0.2) is 16.6 Å². The molecule has 1 aromatic carbocycles. The molecule has 0 unspecified atom stereocenters. The largest absolute Gasteiger partial charge is 0.418 e. The van der Waals surface area contributed by atoms with Crippen LogP contribution in [-0.4, -0.2) is 0 Å². The molecule has 0 N–H and O–H groups in total. The van der Waals surface area contributed by atoms with Crippen molar-refractivity contribution in [3.63, 3.8) is 0 Å². The van der Waals surface area contributed by atoms with Crippen molar-refractivity contribution in [3.8, 4) is 0 Å². The van der Waals surface area contributed by atoms with Gasteiger partial charge in [-0.1, -0.05) is 17.7 Å². The summed E-state index contributed by atoms with van der Waals surface area (Å²) < 4.78 is 61.3. The van der Waals surface area contributed by atoms with Crippen LogP contribution < -0.4 is 0 Å². The molecule has 1 rings (SSSR count). The molecule has 84 valence electrons. The minimum Gasteiger partial charge on any atom is -0.205 e. The minimum atomic E-state index is -4.87. The Hall–Kier alpha value is -0.360. The van der Waals surface area contributed by atoms with Crippen LogP contribution in [-0.2, 0) is 6.18 Å². The predicted molar refractivity (Wildman–Crippen MR) is 49.1 cm³/mol. The van der Waals surface area contributed by atoms with Gasteiger partial charge in [0.2, 0.25) is 0 Å². The van der Waals surface area contributed by atoms with Crippen molar-refractivity contribution < 1.29 is 22.0 Å². The van der Waals surface area contributed by atoms with Gasteiger partial charge in [0.25, 0.3) is 6.43 Å². The number of halogens is 7. The molecule has 0 radical (unpaired) electrons. The quantitative estimate of drug-likeness (QED) is 0.636. The van der Waals surface area contributed by atoms with Gasteiger partial charge in [0.15, 0.2) is 0 Å². The van der Waals surface area contributed by atoms with E-state index in [4.69, 9.17) is 11.6 Å². The summed E-state index contributed by atoms with van der Waals surface area (Å²) in [5, 5.41) is -0.258. The first-order valence-corrected chi connectivity index (χ1v) is 4.75. The van der Waals surface area contributed by atoms with E-state index < -0.39 is 28.2 Å². The van der Waals surface area contributed by atoms with Gasteiger partial charge in [-0.2, -0.15) is 13.2 Å². The average Bonchev–Trinajstić information content (AvgIpc) is 2.06. The second-order valence-electron chi connectivity index (χ2n) is 2.62. The van der Waals surface area contributed by atoms with Crippen LogP contribution in [0.4, 0.5) is 22.0 Å². The fourth-order valence-corrected chi connectivity index (χ4v) is 1.78. The van der Waals surface area contributed by atoms with Gasteiger partial charge >= 0.3 is 6.18 Å². The lowest BCUT2D eigenvalue weighted by molar-refractivity contribution is -0.140. The van der Waals surface area contributed by atoms with E-state index in [0.717, 1.165) is 6.07 Å². The van der Waals surface area contributed by atoms with Crippen LogP contribution in [0.25, 0.3) is 0 Å². The monoisotopic (exact) mass is 308 g/mol. The Morgan fingerprint density at radius 3 is 2.13 bits per heavy atom. The number of benzene rings is 1. The zero-order valence-corrected chi connectivity index (χ0v) is 9.22. The third-order valence-corrected chi connectivity index (χ3v) is 3.01. The molecule has 7 heteroatoms. The molecule has 1 aromatic rings. The maximum absolute atomic E-state index is 12.4. The second-order valence-corrected chi connectivity index (χ2v) is 3.82. The number of rotatable bonds is 1. The summed E-state index contributed by atoms with van der Waals surface area (Å²) in [6, 6.07) is 1.66. The highest BCUT2D eigenvalue weighted by Crippen LogP contribution is 2.43. The lowest BCUT2D eigenvalue weighted by Crippen LogP contribution is -2.11. The molecule has 0 amide bonds. The molecule has 0 aliphatic carbocycles. The Balaban J connectivity index is 3.49. The van der Waals surface area contributed by atoms with Crippen molar-refractivity contribution >= 4 is 27.5 Å². The summed E-state index contributed by atoms with van der Waals surface area (Å²) in [5.74, 6) is 0. The van der Waals surface area contributed by atoms with Gasteiger partial charge in [0, 0.05) is 10.0 Å². The Morgan fingerprint density at radius 1 is 1.20 bits per heavy atom. The van der Waals surface area contributed by atoms with E-state index in [-0.39, 0.29) is 5.02 Å². The summed E-state index contributed by atoms with van der Waals surface area (Å²) in [6.07, 6.45) is -8.06. The number of alkyl halides is 5. The van der Waals surface area contributed by atoms with Crippen LogP contribution in [0.5, 0.6) is 0 Å². The molecule has 0 fully saturated rings. The van der Waals surface area contributed by atoms with Gasteiger partial charge in [0.05, 0.1) is 10.6 Å². The highest BCUT2D eigenvalue weighted by molar-refractivity contribution is 9.10. The lowest BCUT2D eigenvalue weighted by atomic mass is 10.1. The highest BCUT2D eigenvalue weighted by Gasteiger charge is 2.38. The van der Waals surface area contributed by atoms with Gasteiger partial charge in [-0.25, -0.2) is 8.78 Å². The first kappa shape index (κ1) is 12.7. The van der Waals surface area contributed by atoms with E-state index >= 15 is 0 Å². The zero-order chi connectivity index (χ0) is 11.8. The van der Waals surface area contributed by atoms with Crippen molar-refractivity contribution in [2.75, 3.05) is 0 Å². The first-order valence-electron chi connectivity index (χ1n) is 3.58. The molecule has 0 heterocycles. The fraction of sp³-hybridized carbons (Fsp3) is 0.250. The standard InChI is InChI=1S/C8H3BrClF5/c9-6-4(10)2-1-3(7(11)12)5(6)8(13,14)15/h1-2,7H. The average molecular weight is 309 g/mol. The van der Waals surface area contributed by atoms with E-state index in [9.17, 15) is 22.0 Å². The highest BCUT2D eigenvalue weighted by atomic mass is 79.9. The van der Waals surface area contributed by atoms with Crippen LogP contribution in [0.2, 0.25) is 5.02 Å². The SMILES string of the molecule is FC(F)c1ccc(Cl)c(Br)c1C(F)(F)F. The molecular weight excluding hydrogens is 306 g/mol. The van der Waals surface area contributed by atoms with Crippen molar-refractivity contribution in [2.45, 2.75) is 12.6 Å². The molecule has 0 atom stereocenters. The maximum Gasteiger partial charge on any atom is 0.418 e. The van der Waals surface area contributed by atoms with Crippen molar-refractivity contribution in [2.24, 2.45) is 0 Å². The van der Waals surface area contributed by atoms with Gasteiger partial charge in [-0.3, -0.25) is 0 Å². The molecule has 0 spiro atoms. The minimum absolute atomic E-state index is 0.258. The third-order valence-electron chi connectivity index (χ3n) is 1.65. The van der Waals surface area contributed by atoms with Gasteiger partial charge in [-0.15, -0.1) is 0 Å². The summed E-state index contributed by atoms with van der Waals surface area (Å²) in [5.41, 5.74) is -2.51. The van der Waals surface area contributed by atoms with Crippen LogP contribution in [0.3, 0.4) is 0 Å². The Kier molecular flexibility index (Phi) is 3.60. The first-order chi connectivity index (χ1) is 6.75. The molecule has 0 aromatic heterocycles. The smallest absolute Gasteiger partial charge is 0.205 e. The topological polar surface area (TPSA) is 0 Å². The predicted octanol–water partition coefficient (Wildman–Crippen LogP) is 5.06. The lowest BCUT2D eigenvalue weighted by Gasteiger charge is -2.14. The second kappa shape index (κ2) is 4.25. The van der Waals surface area contributed by atoms with Crippen LogP contribution in [0.1, 0.15) is 17.6 Å². The fourth-order valence-electron chi connectivity index (χ4n) is 1.04. The van der Waals surface area contributed by atoms with E-state index in [1.54, 1.807) is 0 Å². The summed E-state index contributed by atoms with van der Waals surface area (Å²) in [7, 11) is 0. The molecule has 0 aliphatic heterocycles. The van der Waals surface area contributed by atoms with Crippen molar-refractivity contribution in [1.82, 2.24) is 0 Å². The molecule has 0 saturated heterocycles. The van der Waals surface area contributed by atoms with E-state index in [2.05, 4.69) is 15.9 Å². The van der Waals surface area contributed by atoms with Crippen LogP contribution >= 0.6 is 27.5 Å². The molecular formula is C8H3BrClF5. The number of hydrogen-bond donors (Lipinski definition) is 0. The molecule has 0 nitrogen and oxygen atoms in total. The zero-order valence-electron chi connectivity index (χ0n) is 6.88. The van der Waals surface area contributed by atoms with E-state index in [0.29, 0.717) is 6.07 Å². The maximum atomic E-state index is 12.4. The molecule has 0 bridgehead atoms. The molecule has 0 saturated carbocycles. The summed E-state index contributed by atoms with van der Waals surface area (Å²) >= 11 is 7.95. The Bertz CT molecular complexity index is 374. The third kappa shape index (κ3) is 2.60. The van der Waals surface area contributed by atoms with Gasteiger partial charge in [0.1, 0.15) is 0 Å². The summed E-state index contributed by atoms with van der Waals surface area (Å²) in [4.78, 5) is 0. The van der Waals surface area contributed by atoms with Crippen molar-refractivity contribution in [1.29, 1.82) is 0 Å². The molecule has 15 heavy (non-hydrogen) atoms. The molecule has 0 aliphatic rings. The Morgan fingerprint density at radius 2 is 1.73 bits per heavy atom. The van der Waals surface area contributed by atoms with Crippen LogP contribution in [0, 0.1) is 0 Å².